The van der Waals surface area contributed by atoms with Gasteiger partial charge in [0.15, 0.2) is 0 Å². The summed E-state index contributed by atoms with van der Waals surface area (Å²) in [4.78, 5) is 5.47. The second kappa shape index (κ2) is 6.69. The molecule has 18 heavy (non-hydrogen) atoms. The summed E-state index contributed by atoms with van der Waals surface area (Å²) in [6.07, 6.45) is 4.07. The molecule has 2 nitrogen and oxygen atoms in total. The minimum Gasteiger partial charge on any atom is -0.312 e. The molecule has 0 spiro atoms. The van der Waals surface area contributed by atoms with Crippen molar-refractivity contribution < 1.29 is 0 Å². The molecule has 1 atom stereocenters. The lowest BCUT2D eigenvalue weighted by Crippen LogP contribution is -2.29. The number of nitrogens with zero attached hydrogens (tertiary/aromatic N) is 1. The van der Waals surface area contributed by atoms with Gasteiger partial charge in [0.05, 0.1) is 0 Å². The predicted octanol–water partition coefficient (Wildman–Crippen LogP) is 3.48. The molecule has 1 aromatic rings. The minimum atomic E-state index is 0.744. The van der Waals surface area contributed by atoms with Crippen LogP contribution in [-0.4, -0.2) is 24.5 Å². The third-order valence-electron chi connectivity index (χ3n) is 3.85. The molecule has 1 fully saturated rings. The summed E-state index contributed by atoms with van der Waals surface area (Å²) in [5.74, 6) is 0.959. The Bertz CT molecular complexity index is 357. The molecule has 1 saturated carbocycles. The summed E-state index contributed by atoms with van der Waals surface area (Å²) >= 11 is 1.96. The third-order valence-corrected chi connectivity index (χ3v) is 4.92. The molecule has 1 unspecified atom stereocenters. The summed E-state index contributed by atoms with van der Waals surface area (Å²) in [6, 6.07) is 5.32. The second-order valence-electron chi connectivity index (χ2n) is 5.54. The van der Waals surface area contributed by atoms with Crippen LogP contribution in [0.25, 0.3) is 0 Å². The van der Waals surface area contributed by atoms with Crippen LogP contribution in [0.4, 0.5) is 0 Å². The van der Waals surface area contributed by atoms with Gasteiger partial charge >= 0.3 is 0 Å². The van der Waals surface area contributed by atoms with Crippen LogP contribution in [0.1, 0.15) is 42.9 Å². The van der Waals surface area contributed by atoms with Gasteiger partial charge < -0.3 is 5.32 Å². The Morgan fingerprint density at radius 2 is 2.11 bits per heavy atom. The fourth-order valence-electron chi connectivity index (χ4n) is 2.32. The second-order valence-corrected chi connectivity index (χ2v) is 6.79. The molecule has 1 aromatic heterocycles. The first-order valence-corrected chi connectivity index (χ1v) is 8.01. The van der Waals surface area contributed by atoms with Gasteiger partial charge in [-0.05, 0) is 57.8 Å². The van der Waals surface area contributed by atoms with Crippen LogP contribution in [0.3, 0.4) is 0 Å². The highest BCUT2D eigenvalue weighted by atomic mass is 32.1. The fourth-order valence-corrected chi connectivity index (χ4v) is 3.37. The predicted molar refractivity (Wildman–Crippen MR) is 80.0 cm³/mol. The summed E-state index contributed by atoms with van der Waals surface area (Å²) in [5, 5.41) is 3.47. The summed E-state index contributed by atoms with van der Waals surface area (Å²) in [5.41, 5.74) is 0. The standard InChI is InChI=1S/C15H26N2S/c1-4-9-16-10-14-7-8-15(18-14)11-17(3)12(2)13-5-6-13/h7-8,12-13,16H,4-6,9-11H2,1-3H3. The molecule has 1 aliphatic rings. The van der Waals surface area contributed by atoms with Gasteiger partial charge in [-0.15, -0.1) is 11.3 Å². The van der Waals surface area contributed by atoms with Crippen LogP contribution in [-0.2, 0) is 13.1 Å². The van der Waals surface area contributed by atoms with Crippen LogP contribution in [0.5, 0.6) is 0 Å². The zero-order valence-electron chi connectivity index (χ0n) is 11.9. The van der Waals surface area contributed by atoms with E-state index >= 15 is 0 Å². The normalized spacial score (nSPS) is 17.3. The van der Waals surface area contributed by atoms with E-state index in [1.54, 1.807) is 0 Å². The highest BCUT2D eigenvalue weighted by Crippen LogP contribution is 2.35. The Morgan fingerprint density at radius 1 is 1.39 bits per heavy atom. The highest BCUT2D eigenvalue weighted by molar-refractivity contribution is 7.11. The van der Waals surface area contributed by atoms with E-state index in [0.717, 1.165) is 31.6 Å². The lowest BCUT2D eigenvalue weighted by atomic mass is 10.2. The Kier molecular flexibility index (Phi) is 5.22. The molecule has 0 aromatic carbocycles. The lowest BCUT2D eigenvalue weighted by Gasteiger charge is -2.23. The SMILES string of the molecule is CCCNCc1ccc(CN(C)C(C)C2CC2)s1. The van der Waals surface area contributed by atoms with Gasteiger partial charge in [0.25, 0.3) is 0 Å². The minimum absolute atomic E-state index is 0.744. The van der Waals surface area contributed by atoms with Crippen molar-refractivity contribution >= 4 is 11.3 Å². The molecule has 0 bridgehead atoms. The molecular formula is C15H26N2S. The van der Waals surface area contributed by atoms with E-state index < -0.39 is 0 Å². The van der Waals surface area contributed by atoms with Crippen molar-refractivity contribution in [2.24, 2.45) is 5.92 Å². The molecule has 102 valence electrons. The van der Waals surface area contributed by atoms with Crippen molar-refractivity contribution in [2.75, 3.05) is 13.6 Å². The fraction of sp³-hybridized carbons (Fsp3) is 0.733. The Hall–Kier alpha value is -0.380. The lowest BCUT2D eigenvalue weighted by molar-refractivity contribution is 0.228. The maximum Gasteiger partial charge on any atom is 0.0327 e. The summed E-state index contributed by atoms with van der Waals surface area (Å²) in [7, 11) is 2.26. The molecule has 0 saturated heterocycles. The van der Waals surface area contributed by atoms with E-state index in [9.17, 15) is 0 Å². The first-order valence-electron chi connectivity index (χ1n) is 7.19. The van der Waals surface area contributed by atoms with Crippen molar-refractivity contribution in [3.63, 3.8) is 0 Å². The molecule has 1 N–H and O–H groups in total. The summed E-state index contributed by atoms with van der Waals surface area (Å²) in [6.45, 7) is 7.83. The number of rotatable bonds is 8. The van der Waals surface area contributed by atoms with Crippen molar-refractivity contribution in [3.05, 3.63) is 21.9 Å². The number of hydrogen-bond acceptors (Lipinski definition) is 3. The molecule has 1 aliphatic carbocycles. The van der Waals surface area contributed by atoms with Crippen molar-refractivity contribution in [2.45, 2.75) is 52.2 Å². The van der Waals surface area contributed by atoms with Gasteiger partial charge in [0.1, 0.15) is 0 Å². The number of hydrogen-bond donors (Lipinski definition) is 1. The van der Waals surface area contributed by atoms with Gasteiger partial charge in [-0.25, -0.2) is 0 Å². The van der Waals surface area contributed by atoms with E-state index in [0.29, 0.717) is 0 Å². The van der Waals surface area contributed by atoms with Crippen molar-refractivity contribution in [1.82, 2.24) is 10.2 Å². The smallest absolute Gasteiger partial charge is 0.0327 e. The van der Waals surface area contributed by atoms with Crippen molar-refractivity contribution in [3.8, 4) is 0 Å². The van der Waals surface area contributed by atoms with Gasteiger partial charge in [-0.1, -0.05) is 6.92 Å². The molecule has 0 aliphatic heterocycles. The van der Waals surface area contributed by atoms with E-state index in [1.165, 1.54) is 29.0 Å². The van der Waals surface area contributed by atoms with E-state index in [4.69, 9.17) is 0 Å². The largest absolute Gasteiger partial charge is 0.312 e. The maximum atomic E-state index is 3.47. The van der Waals surface area contributed by atoms with Crippen LogP contribution in [0.15, 0.2) is 12.1 Å². The van der Waals surface area contributed by atoms with Crippen LogP contribution < -0.4 is 5.32 Å². The molecule has 0 radical (unpaired) electrons. The quantitative estimate of drug-likeness (QED) is 0.725. The number of thiophene rings is 1. The van der Waals surface area contributed by atoms with Gasteiger partial charge in [0, 0.05) is 28.9 Å². The monoisotopic (exact) mass is 266 g/mol. The third kappa shape index (κ3) is 4.08. The van der Waals surface area contributed by atoms with Crippen molar-refractivity contribution in [1.29, 1.82) is 0 Å². The topological polar surface area (TPSA) is 15.3 Å². The van der Waals surface area contributed by atoms with E-state index in [-0.39, 0.29) is 0 Å². The first kappa shape index (κ1) is 14.0. The zero-order chi connectivity index (χ0) is 13.0. The summed E-state index contributed by atoms with van der Waals surface area (Å²) < 4.78 is 0. The number of nitrogens with one attached hydrogen (secondary N) is 1. The Balaban J connectivity index is 1.78. The molecule has 1 heterocycles. The average Bonchev–Trinajstić information content (AvgIpc) is 3.11. The van der Waals surface area contributed by atoms with Crippen LogP contribution >= 0.6 is 11.3 Å². The zero-order valence-corrected chi connectivity index (χ0v) is 12.7. The maximum absolute atomic E-state index is 3.47. The van der Waals surface area contributed by atoms with E-state index in [1.807, 2.05) is 11.3 Å². The molecule has 3 heteroatoms. The molecule has 0 amide bonds. The van der Waals surface area contributed by atoms with Gasteiger partial charge in [-0.2, -0.15) is 0 Å². The first-order chi connectivity index (χ1) is 8.70. The molecule has 2 rings (SSSR count). The molecular weight excluding hydrogens is 240 g/mol. The van der Waals surface area contributed by atoms with Gasteiger partial charge in [0.2, 0.25) is 0 Å². The average molecular weight is 266 g/mol. The van der Waals surface area contributed by atoms with Crippen LogP contribution in [0.2, 0.25) is 0 Å². The Labute approximate surface area is 115 Å². The highest BCUT2D eigenvalue weighted by Gasteiger charge is 2.30. The Morgan fingerprint density at radius 3 is 2.78 bits per heavy atom. The van der Waals surface area contributed by atoms with Crippen LogP contribution in [0, 0.1) is 5.92 Å². The van der Waals surface area contributed by atoms with Gasteiger partial charge in [-0.3, -0.25) is 4.90 Å². The van der Waals surface area contributed by atoms with E-state index in [2.05, 4.69) is 43.2 Å².